The third-order valence-corrected chi connectivity index (χ3v) is 2.38. The SMILES string of the molecule is COC(=O)CCCCC1C(=O)COC1=O. The molecule has 1 fully saturated rings. The number of unbranched alkanes of at least 4 members (excludes halogenated alkanes) is 1. The van der Waals surface area contributed by atoms with Crippen molar-refractivity contribution in [1.82, 2.24) is 0 Å². The van der Waals surface area contributed by atoms with Gasteiger partial charge in [0.15, 0.2) is 12.4 Å². The average Bonchev–Trinajstić information content (AvgIpc) is 2.54. The van der Waals surface area contributed by atoms with Crippen LogP contribution in [0.4, 0.5) is 0 Å². The zero-order valence-electron chi connectivity index (χ0n) is 8.65. The Morgan fingerprint density at radius 2 is 2.20 bits per heavy atom. The number of carbonyl (C=O) groups excluding carboxylic acids is 3. The largest absolute Gasteiger partial charge is 0.469 e. The Balaban J connectivity index is 2.17. The summed E-state index contributed by atoms with van der Waals surface area (Å²) in [6.07, 6.45) is 2.07. The van der Waals surface area contributed by atoms with E-state index in [1.807, 2.05) is 0 Å². The van der Waals surface area contributed by atoms with Crippen molar-refractivity contribution in [3.8, 4) is 0 Å². The maximum absolute atomic E-state index is 11.1. The lowest BCUT2D eigenvalue weighted by Crippen LogP contribution is -2.15. The summed E-state index contributed by atoms with van der Waals surface area (Å²) in [6.45, 7) is -0.0967. The van der Waals surface area contributed by atoms with Gasteiger partial charge in [-0.2, -0.15) is 0 Å². The molecule has 0 N–H and O–H groups in total. The van der Waals surface area contributed by atoms with Crippen LogP contribution in [-0.2, 0) is 23.9 Å². The van der Waals surface area contributed by atoms with Crippen LogP contribution in [0.2, 0.25) is 0 Å². The molecule has 0 amide bonds. The number of carbonyl (C=O) groups is 3. The number of hydrogen-bond donors (Lipinski definition) is 0. The Hall–Kier alpha value is -1.39. The topological polar surface area (TPSA) is 69.7 Å². The molecule has 0 bridgehead atoms. The van der Waals surface area contributed by atoms with Crippen LogP contribution in [0.15, 0.2) is 0 Å². The molecule has 0 aromatic rings. The van der Waals surface area contributed by atoms with Gasteiger partial charge >= 0.3 is 11.9 Å². The van der Waals surface area contributed by atoms with Gasteiger partial charge < -0.3 is 9.47 Å². The third kappa shape index (κ3) is 3.34. The lowest BCUT2D eigenvalue weighted by atomic mass is 9.99. The maximum Gasteiger partial charge on any atom is 0.317 e. The Bertz CT molecular complexity index is 255. The molecule has 1 atom stereocenters. The number of Topliss-reactive ketones (excluding diaryl/α,β-unsaturated/α-hetero) is 1. The lowest BCUT2D eigenvalue weighted by molar-refractivity contribution is -0.141. The summed E-state index contributed by atoms with van der Waals surface area (Å²) < 4.78 is 9.06. The van der Waals surface area contributed by atoms with E-state index >= 15 is 0 Å². The van der Waals surface area contributed by atoms with Crippen molar-refractivity contribution in [3.05, 3.63) is 0 Å². The number of methoxy groups -OCH3 is 1. The minimum absolute atomic E-state index is 0.0967. The van der Waals surface area contributed by atoms with Crippen LogP contribution >= 0.6 is 0 Å². The van der Waals surface area contributed by atoms with Crippen molar-refractivity contribution in [2.45, 2.75) is 25.7 Å². The molecule has 5 heteroatoms. The van der Waals surface area contributed by atoms with Gasteiger partial charge in [0.05, 0.1) is 7.11 Å². The molecule has 1 saturated heterocycles. The van der Waals surface area contributed by atoms with Crippen LogP contribution in [-0.4, -0.2) is 31.4 Å². The summed E-state index contributed by atoms with van der Waals surface area (Å²) in [5.74, 6) is -1.46. The molecule has 1 rings (SSSR count). The summed E-state index contributed by atoms with van der Waals surface area (Å²) in [4.78, 5) is 32.9. The summed E-state index contributed by atoms with van der Waals surface area (Å²) in [7, 11) is 1.33. The first-order valence-electron chi connectivity index (χ1n) is 4.91. The highest BCUT2D eigenvalue weighted by Gasteiger charge is 2.34. The lowest BCUT2D eigenvalue weighted by Gasteiger charge is -2.03. The normalized spacial score (nSPS) is 20.2. The Labute approximate surface area is 87.7 Å². The Morgan fingerprint density at radius 1 is 1.47 bits per heavy atom. The number of esters is 2. The molecular formula is C10H14O5. The van der Waals surface area contributed by atoms with Gasteiger partial charge in [0, 0.05) is 6.42 Å². The van der Waals surface area contributed by atoms with Crippen LogP contribution in [0.3, 0.4) is 0 Å². The van der Waals surface area contributed by atoms with Gasteiger partial charge in [-0.1, -0.05) is 6.42 Å². The van der Waals surface area contributed by atoms with Crippen molar-refractivity contribution in [2.75, 3.05) is 13.7 Å². The predicted octanol–water partition coefficient (Wildman–Crippen LogP) is 0.462. The molecule has 5 nitrogen and oxygen atoms in total. The molecule has 0 radical (unpaired) electrons. The van der Waals surface area contributed by atoms with Gasteiger partial charge in [-0.05, 0) is 12.8 Å². The third-order valence-electron chi connectivity index (χ3n) is 2.38. The van der Waals surface area contributed by atoms with E-state index in [2.05, 4.69) is 9.47 Å². The van der Waals surface area contributed by atoms with Crippen LogP contribution in [0, 0.1) is 5.92 Å². The van der Waals surface area contributed by atoms with E-state index in [1.54, 1.807) is 0 Å². The van der Waals surface area contributed by atoms with Gasteiger partial charge in [0.25, 0.3) is 0 Å². The van der Waals surface area contributed by atoms with Gasteiger partial charge in [0.1, 0.15) is 5.92 Å². The molecular weight excluding hydrogens is 200 g/mol. The van der Waals surface area contributed by atoms with E-state index in [4.69, 9.17) is 0 Å². The summed E-state index contributed by atoms with van der Waals surface area (Å²) >= 11 is 0. The van der Waals surface area contributed by atoms with Crippen molar-refractivity contribution >= 4 is 17.7 Å². The van der Waals surface area contributed by atoms with Crippen LogP contribution < -0.4 is 0 Å². The van der Waals surface area contributed by atoms with Crippen molar-refractivity contribution in [1.29, 1.82) is 0 Å². The van der Waals surface area contributed by atoms with Gasteiger partial charge in [-0.25, -0.2) is 0 Å². The van der Waals surface area contributed by atoms with Crippen molar-refractivity contribution < 1.29 is 23.9 Å². The molecule has 0 aliphatic carbocycles. The fourth-order valence-corrected chi connectivity index (χ4v) is 1.47. The highest BCUT2D eigenvalue weighted by molar-refractivity contribution is 6.04. The molecule has 0 spiro atoms. The standard InChI is InChI=1S/C10H14O5/c1-14-9(12)5-3-2-4-7-8(11)6-15-10(7)13/h7H,2-6H2,1H3. The maximum atomic E-state index is 11.1. The van der Waals surface area contributed by atoms with E-state index < -0.39 is 11.9 Å². The van der Waals surface area contributed by atoms with Crippen LogP contribution in [0.1, 0.15) is 25.7 Å². The molecule has 1 aliphatic heterocycles. The molecule has 1 aliphatic rings. The smallest absolute Gasteiger partial charge is 0.317 e. The highest BCUT2D eigenvalue weighted by atomic mass is 16.5. The van der Waals surface area contributed by atoms with E-state index in [-0.39, 0.29) is 18.4 Å². The second-order valence-electron chi connectivity index (χ2n) is 3.45. The monoisotopic (exact) mass is 214 g/mol. The molecule has 0 aromatic heterocycles. The first-order chi connectivity index (χ1) is 7.15. The van der Waals surface area contributed by atoms with E-state index in [9.17, 15) is 14.4 Å². The summed E-state index contributed by atoms with van der Waals surface area (Å²) in [5.41, 5.74) is 0. The number of cyclic esters (lactones) is 1. The van der Waals surface area contributed by atoms with E-state index in [0.29, 0.717) is 25.7 Å². The number of ether oxygens (including phenoxy) is 2. The molecule has 15 heavy (non-hydrogen) atoms. The summed E-state index contributed by atoms with van der Waals surface area (Å²) in [6, 6.07) is 0. The number of rotatable bonds is 5. The second kappa shape index (κ2) is 5.48. The molecule has 0 saturated carbocycles. The zero-order chi connectivity index (χ0) is 11.3. The molecule has 1 heterocycles. The first-order valence-corrected chi connectivity index (χ1v) is 4.91. The van der Waals surface area contributed by atoms with Crippen LogP contribution in [0.5, 0.6) is 0 Å². The molecule has 84 valence electrons. The fraction of sp³-hybridized carbons (Fsp3) is 0.700. The zero-order valence-corrected chi connectivity index (χ0v) is 8.65. The molecule has 0 aromatic carbocycles. The Kier molecular flexibility index (Phi) is 4.27. The minimum Gasteiger partial charge on any atom is -0.469 e. The summed E-state index contributed by atoms with van der Waals surface area (Å²) in [5, 5.41) is 0. The fourth-order valence-electron chi connectivity index (χ4n) is 1.47. The van der Waals surface area contributed by atoms with Gasteiger partial charge in [0.2, 0.25) is 0 Å². The molecule has 1 unspecified atom stereocenters. The van der Waals surface area contributed by atoms with E-state index in [1.165, 1.54) is 7.11 Å². The Morgan fingerprint density at radius 3 is 2.73 bits per heavy atom. The first kappa shape index (κ1) is 11.7. The quantitative estimate of drug-likeness (QED) is 0.378. The highest BCUT2D eigenvalue weighted by Crippen LogP contribution is 2.18. The van der Waals surface area contributed by atoms with E-state index in [0.717, 1.165) is 0 Å². The second-order valence-corrected chi connectivity index (χ2v) is 3.45. The van der Waals surface area contributed by atoms with Gasteiger partial charge in [-0.3, -0.25) is 14.4 Å². The minimum atomic E-state index is -0.609. The predicted molar refractivity (Wildman–Crippen MR) is 49.9 cm³/mol. The van der Waals surface area contributed by atoms with Crippen molar-refractivity contribution in [2.24, 2.45) is 5.92 Å². The van der Waals surface area contributed by atoms with Gasteiger partial charge in [-0.15, -0.1) is 0 Å². The average molecular weight is 214 g/mol. The number of hydrogen-bond acceptors (Lipinski definition) is 5. The van der Waals surface area contributed by atoms with Crippen molar-refractivity contribution in [3.63, 3.8) is 0 Å². The number of ketones is 1. The van der Waals surface area contributed by atoms with Crippen LogP contribution in [0.25, 0.3) is 0 Å².